The zero-order chi connectivity index (χ0) is 9.84. The molecule has 2 atom stereocenters. The first kappa shape index (κ1) is 10.4. The number of rotatable bonds is 4. The Balaban J connectivity index is 2.88. The maximum atomic E-state index is 5.54. The third kappa shape index (κ3) is 2.15. The lowest BCUT2D eigenvalue weighted by Gasteiger charge is -2.12. The van der Waals surface area contributed by atoms with Crippen LogP contribution < -0.4 is 0 Å². The standard InChI is InChI=1S/C12H20O/c1-5-9(3)11-7-8-13-12(11)10(4)6-2/h7-10H,5-6H2,1-4H3. The molecule has 1 aromatic rings. The van der Waals surface area contributed by atoms with Crippen molar-refractivity contribution >= 4 is 0 Å². The van der Waals surface area contributed by atoms with E-state index in [2.05, 4.69) is 33.8 Å². The van der Waals surface area contributed by atoms with Crippen LogP contribution in [0.2, 0.25) is 0 Å². The smallest absolute Gasteiger partial charge is 0.110 e. The average Bonchev–Trinajstić information content (AvgIpc) is 2.63. The highest BCUT2D eigenvalue weighted by Gasteiger charge is 2.16. The van der Waals surface area contributed by atoms with Crippen LogP contribution in [0.1, 0.15) is 63.7 Å². The molecule has 2 unspecified atom stereocenters. The summed E-state index contributed by atoms with van der Waals surface area (Å²) >= 11 is 0. The lowest BCUT2D eigenvalue weighted by atomic mass is 9.93. The molecule has 0 spiro atoms. The highest BCUT2D eigenvalue weighted by Crippen LogP contribution is 2.30. The first-order valence-electron chi connectivity index (χ1n) is 5.27. The summed E-state index contributed by atoms with van der Waals surface area (Å²) in [6, 6.07) is 2.12. The van der Waals surface area contributed by atoms with Gasteiger partial charge in [-0.25, -0.2) is 0 Å². The highest BCUT2D eigenvalue weighted by molar-refractivity contribution is 5.23. The molecule has 1 rings (SSSR count). The third-order valence-electron chi connectivity index (χ3n) is 2.93. The van der Waals surface area contributed by atoms with Gasteiger partial charge in [-0.3, -0.25) is 0 Å². The van der Waals surface area contributed by atoms with Crippen LogP contribution in [0.25, 0.3) is 0 Å². The molecule has 1 nitrogen and oxygen atoms in total. The van der Waals surface area contributed by atoms with Crippen molar-refractivity contribution in [3.8, 4) is 0 Å². The number of furan rings is 1. The van der Waals surface area contributed by atoms with Crippen LogP contribution in [-0.2, 0) is 0 Å². The van der Waals surface area contributed by atoms with Gasteiger partial charge in [0.1, 0.15) is 5.76 Å². The molecule has 0 aliphatic carbocycles. The van der Waals surface area contributed by atoms with E-state index in [9.17, 15) is 0 Å². The lowest BCUT2D eigenvalue weighted by Crippen LogP contribution is -1.97. The van der Waals surface area contributed by atoms with Crippen LogP contribution >= 0.6 is 0 Å². The predicted octanol–water partition coefficient (Wildman–Crippen LogP) is 4.31. The van der Waals surface area contributed by atoms with E-state index in [1.807, 2.05) is 6.26 Å². The van der Waals surface area contributed by atoms with Gasteiger partial charge < -0.3 is 4.42 Å². The summed E-state index contributed by atoms with van der Waals surface area (Å²) < 4.78 is 5.54. The monoisotopic (exact) mass is 180 g/mol. The maximum Gasteiger partial charge on any atom is 0.110 e. The molecule has 0 aliphatic heterocycles. The summed E-state index contributed by atoms with van der Waals surface area (Å²) in [5.74, 6) is 2.37. The van der Waals surface area contributed by atoms with Gasteiger partial charge in [0, 0.05) is 5.92 Å². The van der Waals surface area contributed by atoms with Crippen LogP contribution in [-0.4, -0.2) is 0 Å². The summed E-state index contributed by atoms with van der Waals surface area (Å²) in [6.07, 6.45) is 4.16. The van der Waals surface area contributed by atoms with Crippen molar-refractivity contribution in [3.63, 3.8) is 0 Å². The summed E-state index contributed by atoms with van der Waals surface area (Å²) in [5, 5.41) is 0. The van der Waals surface area contributed by atoms with E-state index in [1.54, 1.807) is 0 Å². The van der Waals surface area contributed by atoms with Crippen LogP contribution in [0.15, 0.2) is 16.7 Å². The SMILES string of the molecule is CCC(C)c1ccoc1C(C)CC. The van der Waals surface area contributed by atoms with Crippen LogP contribution in [0, 0.1) is 0 Å². The van der Waals surface area contributed by atoms with Gasteiger partial charge in [-0.2, -0.15) is 0 Å². The molecule has 1 heterocycles. The van der Waals surface area contributed by atoms with Crippen LogP contribution in [0.5, 0.6) is 0 Å². The Morgan fingerprint density at radius 1 is 1.15 bits per heavy atom. The molecule has 0 saturated heterocycles. The molecule has 74 valence electrons. The molecular formula is C12H20O. The van der Waals surface area contributed by atoms with Gasteiger partial charge in [0.2, 0.25) is 0 Å². The fraction of sp³-hybridized carbons (Fsp3) is 0.667. The van der Waals surface area contributed by atoms with E-state index in [1.165, 1.54) is 17.7 Å². The molecular weight excluding hydrogens is 160 g/mol. The van der Waals surface area contributed by atoms with E-state index in [-0.39, 0.29) is 0 Å². The summed E-state index contributed by atoms with van der Waals surface area (Å²) in [7, 11) is 0. The summed E-state index contributed by atoms with van der Waals surface area (Å²) in [6.45, 7) is 8.91. The molecule has 0 bridgehead atoms. The molecule has 1 heteroatoms. The van der Waals surface area contributed by atoms with Gasteiger partial charge in [-0.05, 0) is 30.4 Å². The van der Waals surface area contributed by atoms with E-state index in [0.717, 1.165) is 6.42 Å². The first-order valence-corrected chi connectivity index (χ1v) is 5.27. The molecule has 0 N–H and O–H groups in total. The third-order valence-corrected chi connectivity index (χ3v) is 2.93. The van der Waals surface area contributed by atoms with Crippen LogP contribution in [0.4, 0.5) is 0 Å². The lowest BCUT2D eigenvalue weighted by molar-refractivity contribution is 0.459. The van der Waals surface area contributed by atoms with Gasteiger partial charge in [0.25, 0.3) is 0 Å². The zero-order valence-electron chi connectivity index (χ0n) is 9.13. The number of hydrogen-bond donors (Lipinski definition) is 0. The second-order valence-electron chi connectivity index (χ2n) is 3.86. The largest absolute Gasteiger partial charge is 0.469 e. The van der Waals surface area contributed by atoms with Gasteiger partial charge in [-0.1, -0.05) is 27.7 Å². The average molecular weight is 180 g/mol. The molecule has 0 amide bonds. The highest BCUT2D eigenvalue weighted by atomic mass is 16.3. The fourth-order valence-corrected chi connectivity index (χ4v) is 1.54. The Labute approximate surface area is 81.1 Å². The normalized spacial score (nSPS) is 15.7. The first-order chi connectivity index (χ1) is 6.20. The molecule has 1 aromatic heterocycles. The van der Waals surface area contributed by atoms with Crippen molar-refractivity contribution in [3.05, 3.63) is 23.7 Å². The molecule has 0 aromatic carbocycles. The van der Waals surface area contributed by atoms with Crippen molar-refractivity contribution in [1.82, 2.24) is 0 Å². The maximum absolute atomic E-state index is 5.54. The molecule has 0 saturated carbocycles. The minimum absolute atomic E-state index is 0.555. The topological polar surface area (TPSA) is 13.1 Å². The second-order valence-corrected chi connectivity index (χ2v) is 3.86. The Kier molecular flexibility index (Phi) is 3.58. The van der Waals surface area contributed by atoms with Crippen molar-refractivity contribution in [1.29, 1.82) is 0 Å². The van der Waals surface area contributed by atoms with E-state index < -0.39 is 0 Å². The number of hydrogen-bond acceptors (Lipinski definition) is 1. The molecule has 0 fully saturated rings. The van der Waals surface area contributed by atoms with Crippen molar-refractivity contribution in [2.45, 2.75) is 52.4 Å². The van der Waals surface area contributed by atoms with E-state index >= 15 is 0 Å². The van der Waals surface area contributed by atoms with Gasteiger partial charge in [0.15, 0.2) is 0 Å². The van der Waals surface area contributed by atoms with Gasteiger partial charge in [0.05, 0.1) is 6.26 Å². The molecule has 0 radical (unpaired) electrons. The molecule has 13 heavy (non-hydrogen) atoms. The minimum atomic E-state index is 0.555. The Morgan fingerprint density at radius 2 is 1.77 bits per heavy atom. The fourth-order valence-electron chi connectivity index (χ4n) is 1.54. The van der Waals surface area contributed by atoms with Crippen LogP contribution in [0.3, 0.4) is 0 Å². The predicted molar refractivity (Wildman–Crippen MR) is 56.1 cm³/mol. The van der Waals surface area contributed by atoms with E-state index in [4.69, 9.17) is 4.42 Å². The van der Waals surface area contributed by atoms with Gasteiger partial charge >= 0.3 is 0 Å². The van der Waals surface area contributed by atoms with Crippen molar-refractivity contribution in [2.24, 2.45) is 0 Å². The van der Waals surface area contributed by atoms with Crippen molar-refractivity contribution < 1.29 is 4.42 Å². The zero-order valence-corrected chi connectivity index (χ0v) is 9.13. The quantitative estimate of drug-likeness (QED) is 0.673. The minimum Gasteiger partial charge on any atom is -0.469 e. The Bertz CT molecular complexity index is 225. The Morgan fingerprint density at radius 3 is 2.31 bits per heavy atom. The van der Waals surface area contributed by atoms with E-state index in [0.29, 0.717) is 11.8 Å². The van der Waals surface area contributed by atoms with Gasteiger partial charge in [-0.15, -0.1) is 0 Å². The van der Waals surface area contributed by atoms with Crippen molar-refractivity contribution in [2.75, 3.05) is 0 Å². The Hall–Kier alpha value is -0.720. The second kappa shape index (κ2) is 4.50. The summed E-state index contributed by atoms with van der Waals surface area (Å²) in [5.41, 5.74) is 1.40. The summed E-state index contributed by atoms with van der Waals surface area (Å²) in [4.78, 5) is 0. The molecule has 0 aliphatic rings.